The minimum atomic E-state index is -0.273. The number of unbranched alkanes of at least 4 members (excludes halogenated alkanes) is 1. The number of ketones is 2. The van der Waals surface area contributed by atoms with Crippen molar-refractivity contribution in [2.24, 2.45) is 0 Å². The van der Waals surface area contributed by atoms with E-state index in [1.807, 2.05) is 0 Å². The molecule has 0 saturated carbocycles. The SMILES string of the molecule is O=C(CCCCC(=O)c1ccc(O)cc1O)c1ccc(O)cc1O. The smallest absolute Gasteiger partial charge is 0.166 e. The highest BCUT2D eigenvalue weighted by Gasteiger charge is 2.14. The van der Waals surface area contributed by atoms with Crippen LogP contribution in [0.4, 0.5) is 0 Å². The fraction of sp³-hybridized carbons (Fsp3) is 0.222. The van der Waals surface area contributed by atoms with Gasteiger partial charge in [-0.05, 0) is 37.1 Å². The summed E-state index contributed by atoms with van der Waals surface area (Å²) in [6, 6.07) is 7.56. The summed E-state index contributed by atoms with van der Waals surface area (Å²) < 4.78 is 0. The van der Waals surface area contributed by atoms with Gasteiger partial charge in [-0.1, -0.05) is 0 Å². The van der Waals surface area contributed by atoms with Gasteiger partial charge in [-0.25, -0.2) is 0 Å². The van der Waals surface area contributed by atoms with Crippen molar-refractivity contribution >= 4 is 11.6 Å². The van der Waals surface area contributed by atoms with Crippen molar-refractivity contribution in [2.75, 3.05) is 0 Å². The maximum atomic E-state index is 12.0. The molecule has 2 aromatic carbocycles. The average Bonchev–Trinajstić information content (AvgIpc) is 2.51. The normalized spacial score (nSPS) is 10.5. The number of hydrogen-bond donors (Lipinski definition) is 4. The lowest BCUT2D eigenvalue weighted by Crippen LogP contribution is -2.02. The van der Waals surface area contributed by atoms with Crippen molar-refractivity contribution in [1.82, 2.24) is 0 Å². The van der Waals surface area contributed by atoms with Crippen LogP contribution in [0.2, 0.25) is 0 Å². The van der Waals surface area contributed by atoms with E-state index in [2.05, 4.69) is 0 Å². The van der Waals surface area contributed by atoms with Crippen molar-refractivity contribution in [1.29, 1.82) is 0 Å². The Bertz CT molecular complexity index is 701. The van der Waals surface area contributed by atoms with Crippen molar-refractivity contribution in [3.05, 3.63) is 47.5 Å². The van der Waals surface area contributed by atoms with Crippen LogP contribution in [0, 0.1) is 0 Å². The topological polar surface area (TPSA) is 115 Å². The summed E-state index contributed by atoms with van der Waals surface area (Å²) in [5.41, 5.74) is 0.269. The highest BCUT2D eigenvalue weighted by molar-refractivity contribution is 5.99. The van der Waals surface area contributed by atoms with Gasteiger partial charge in [-0.15, -0.1) is 0 Å². The predicted molar refractivity (Wildman–Crippen MR) is 86.7 cm³/mol. The second-order valence-corrected chi connectivity index (χ2v) is 5.46. The lowest BCUT2D eigenvalue weighted by Gasteiger charge is -2.06. The molecule has 0 aromatic heterocycles. The Morgan fingerprint density at radius 3 is 1.38 bits per heavy atom. The number of phenols is 4. The number of carbonyl (C=O) groups excluding carboxylic acids is 2. The zero-order valence-corrected chi connectivity index (χ0v) is 12.9. The summed E-state index contributed by atoms with van der Waals surface area (Å²) in [4.78, 5) is 24.0. The summed E-state index contributed by atoms with van der Waals surface area (Å²) in [5, 5.41) is 37.6. The molecule has 24 heavy (non-hydrogen) atoms. The molecular formula is C18H18O6. The summed E-state index contributed by atoms with van der Waals surface area (Å²) in [6.45, 7) is 0. The molecule has 0 amide bonds. The van der Waals surface area contributed by atoms with E-state index >= 15 is 0 Å². The first-order valence-corrected chi connectivity index (χ1v) is 7.49. The molecule has 0 aliphatic rings. The highest BCUT2D eigenvalue weighted by atomic mass is 16.3. The number of aromatic hydroxyl groups is 4. The molecule has 0 saturated heterocycles. The molecule has 4 N–H and O–H groups in total. The molecular weight excluding hydrogens is 312 g/mol. The number of hydrogen-bond acceptors (Lipinski definition) is 6. The monoisotopic (exact) mass is 330 g/mol. The molecule has 0 aliphatic carbocycles. The molecule has 0 bridgehead atoms. The minimum absolute atomic E-state index is 0.122. The number of Topliss-reactive ketones (excluding diaryl/α,β-unsaturated/α-hetero) is 2. The molecule has 0 unspecified atom stereocenters. The Labute approximate surface area is 138 Å². The largest absolute Gasteiger partial charge is 0.508 e. The zero-order valence-electron chi connectivity index (χ0n) is 12.9. The van der Waals surface area contributed by atoms with Crippen molar-refractivity contribution in [3.8, 4) is 23.0 Å². The van der Waals surface area contributed by atoms with Crippen LogP contribution in [0.25, 0.3) is 0 Å². The molecule has 2 aromatic rings. The van der Waals surface area contributed by atoms with E-state index in [1.54, 1.807) is 0 Å². The Morgan fingerprint density at radius 1 is 0.667 bits per heavy atom. The Morgan fingerprint density at radius 2 is 1.04 bits per heavy atom. The van der Waals surface area contributed by atoms with Crippen molar-refractivity contribution in [2.45, 2.75) is 25.7 Å². The Hall–Kier alpha value is -3.02. The second kappa shape index (κ2) is 7.50. The van der Waals surface area contributed by atoms with Crippen LogP contribution in [-0.4, -0.2) is 32.0 Å². The van der Waals surface area contributed by atoms with Gasteiger partial charge in [-0.2, -0.15) is 0 Å². The number of benzene rings is 2. The molecule has 6 heteroatoms. The fourth-order valence-electron chi connectivity index (χ4n) is 2.35. The number of carbonyl (C=O) groups is 2. The van der Waals surface area contributed by atoms with Crippen LogP contribution in [0.15, 0.2) is 36.4 Å². The maximum absolute atomic E-state index is 12.0. The summed E-state index contributed by atoms with van der Waals surface area (Å²) in [5.74, 6) is -1.33. The molecule has 0 spiro atoms. The van der Waals surface area contributed by atoms with Crippen molar-refractivity contribution < 1.29 is 30.0 Å². The van der Waals surface area contributed by atoms with Gasteiger partial charge >= 0.3 is 0 Å². The quantitative estimate of drug-likeness (QED) is 0.458. The second-order valence-electron chi connectivity index (χ2n) is 5.46. The first-order chi connectivity index (χ1) is 11.4. The van der Waals surface area contributed by atoms with Gasteiger partial charge in [0, 0.05) is 25.0 Å². The first kappa shape index (κ1) is 17.3. The molecule has 0 aliphatic heterocycles. The summed E-state index contributed by atoms with van der Waals surface area (Å²) in [7, 11) is 0. The molecule has 126 valence electrons. The zero-order chi connectivity index (χ0) is 17.7. The van der Waals surface area contributed by atoms with Crippen LogP contribution in [0.5, 0.6) is 23.0 Å². The van der Waals surface area contributed by atoms with Gasteiger partial charge in [0.15, 0.2) is 11.6 Å². The molecule has 0 atom stereocenters. The predicted octanol–water partition coefficient (Wildman–Crippen LogP) is 3.14. The Kier molecular flexibility index (Phi) is 5.42. The van der Waals surface area contributed by atoms with E-state index in [4.69, 9.17) is 0 Å². The van der Waals surface area contributed by atoms with Crippen LogP contribution in [0.1, 0.15) is 46.4 Å². The van der Waals surface area contributed by atoms with Gasteiger partial charge in [0.05, 0.1) is 11.1 Å². The van der Waals surface area contributed by atoms with E-state index in [1.165, 1.54) is 24.3 Å². The molecule has 0 radical (unpaired) electrons. The minimum Gasteiger partial charge on any atom is -0.508 e. The van der Waals surface area contributed by atoms with E-state index in [0.717, 1.165) is 12.1 Å². The van der Waals surface area contributed by atoms with E-state index in [-0.39, 0.29) is 58.5 Å². The number of rotatable bonds is 7. The molecule has 2 rings (SSSR count). The van der Waals surface area contributed by atoms with Crippen molar-refractivity contribution in [3.63, 3.8) is 0 Å². The highest BCUT2D eigenvalue weighted by Crippen LogP contribution is 2.26. The van der Waals surface area contributed by atoms with E-state index in [9.17, 15) is 30.0 Å². The third-order valence-electron chi connectivity index (χ3n) is 3.62. The van der Waals surface area contributed by atoms with Gasteiger partial charge in [0.2, 0.25) is 0 Å². The fourth-order valence-corrected chi connectivity index (χ4v) is 2.35. The van der Waals surface area contributed by atoms with Crippen LogP contribution in [-0.2, 0) is 0 Å². The maximum Gasteiger partial charge on any atom is 0.166 e. The van der Waals surface area contributed by atoms with Crippen LogP contribution >= 0.6 is 0 Å². The Balaban J connectivity index is 1.84. The van der Waals surface area contributed by atoms with Crippen LogP contribution < -0.4 is 0 Å². The van der Waals surface area contributed by atoms with Crippen LogP contribution in [0.3, 0.4) is 0 Å². The van der Waals surface area contributed by atoms with E-state index < -0.39 is 0 Å². The number of phenolic OH excluding ortho intramolecular Hbond substituents is 4. The summed E-state index contributed by atoms with van der Waals surface area (Å²) >= 11 is 0. The third-order valence-corrected chi connectivity index (χ3v) is 3.62. The third kappa shape index (κ3) is 4.25. The summed E-state index contributed by atoms with van der Waals surface area (Å²) in [6.07, 6.45) is 1.22. The first-order valence-electron chi connectivity index (χ1n) is 7.49. The van der Waals surface area contributed by atoms with Gasteiger partial charge in [0.25, 0.3) is 0 Å². The lowest BCUT2D eigenvalue weighted by atomic mass is 10.0. The average molecular weight is 330 g/mol. The molecule has 6 nitrogen and oxygen atoms in total. The van der Waals surface area contributed by atoms with Gasteiger partial charge < -0.3 is 20.4 Å². The lowest BCUT2D eigenvalue weighted by molar-refractivity contribution is 0.0951. The van der Waals surface area contributed by atoms with Gasteiger partial charge in [-0.3, -0.25) is 9.59 Å². The molecule has 0 heterocycles. The molecule has 0 fully saturated rings. The van der Waals surface area contributed by atoms with E-state index in [0.29, 0.717) is 12.8 Å². The standard InChI is InChI=1S/C18H18O6/c19-11-5-7-13(17(23)9-11)15(21)3-1-2-4-16(22)14-8-6-12(20)10-18(14)24/h5-10,19-20,23-24H,1-4H2. The van der Waals surface area contributed by atoms with Gasteiger partial charge in [0.1, 0.15) is 23.0 Å².